The Bertz CT molecular complexity index is 104. The summed E-state index contributed by atoms with van der Waals surface area (Å²) in [7, 11) is 1.77. The first kappa shape index (κ1) is 8.94. The Morgan fingerprint density at radius 2 is 2.55 bits per heavy atom. The van der Waals surface area contributed by atoms with E-state index in [0.29, 0.717) is 13.2 Å². The van der Waals surface area contributed by atoms with Gasteiger partial charge < -0.3 is 10.1 Å². The molecule has 0 aromatic rings. The van der Waals surface area contributed by atoms with E-state index in [4.69, 9.17) is 4.74 Å². The standard InChI is InChI=1S/C8H16FNO/c1-10-5-8(9)7-3-2-4-11-6-7/h7-8,10H,2-6H2,1H3. The molecule has 0 spiro atoms. The van der Waals surface area contributed by atoms with Gasteiger partial charge in [0.1, 0.15) is 6.17 Å². The van der Waals surface area contributed by atoms with Crippen LogP contribution in [0.1, 0.15) is 12.8 Å². The molecule has 2 unspecified atom stereocenters. The molecule has 0 saturated carbocycles. The van der Waals surface area contributed by atoms with Gasteiger partial charge in [0.05, 0.1) is 6.61 Å². The molecule has 1 saturated heterocycles. The molecule has 0 radical (unpaired) electrons. The van der Waals surface area contributed by atoms with Crippen LogP contribution in [0, 0.1) is 5.92 Å². The molecular weight excluding hydrogens is 145 g/mol. The van der Waals surface area contributed by atoms with Crippen LogP contribution in [-0.2, 0) is 4.74 Å². The lowest BCUT2D eigenvalue weighted by Crippen LogP contribution is -2.32. The van der Waals surface area contributed by atoms with Crippen LogP contribution in [0.3, 0.4) is 0 Å². The van der Waals surface area contributed by atoms with Crippen molar-refractivity contribution in [1.82, 2.24) is 5.32 Å². The first-order valence-electron chi connectivity index (χ1n) is 4.21. The summed E-state index contributed by atoms with van der Waals surface area (Å²) in [5.41, 5.74) is 0. The minimum absolute atomic E-state index is 0.121. The van der Waals surface area contributed by atoms with Crippen molar-refractivity contribution in [3.05, 3.63) is 0 Å². The summed E-state index contributed by atoms with van der Waals surface area (Å²) < 4.78 is 18.3. The number of halogens is 1. The molecule has 11 heavy (non-hydrogen) atoms. The lowest BCUT2D eigenvalue weighted by atomic mass is 9.97. The summed E-state index contributed by atoms with van der Waals surface area (Å²) >= 11 is 0. The largest absolute Gasteiger partial charge is 0.381 e. The topological polar surface area (TPSA) is 21.3 Å². The van der Waals surface area contributed by atoms with Crippen molar-refractivity contribution in [3.63, 3.8) is 0 Å². The van der Waals surface area contributed by atoms with Gasteiger partial charge in [-0.25, -0.2) is 4.39 Å². The van der Waals surface area contributed by atoms with Crippen LogP contribution in [0.15, 0.2) is 0 Å². The molecule has 0 aromatic heterocycles. The maximum absolute atomic E-state index is 13.1. The van der Waals surface area contributed by atoms with E-state index in [-0.39, 0.29) is 5.92 Å². The van der Waals surface area contributed by atoms with E-state index in [2.05, 4.69) is 5.32 Å². The summed E-state index contributed by atoms with van der Waals surface area (Å²) in [6, 6.07) is 0. The second-order valence-corrected chi connectivity index (χ2v) is 3.05. The Balaban J connectivity index is 2.21. The van der Waals surface area contributed by atoms with E-state index in [9.17, 15) is 4.39 Å². The van der Waals surface area contributed by atoms with E-state index in [1.165, 1.54) is 0 Å². The third-order valence-electron chi connectivity index (χ3n) is 2.11. The molecule has 66 valence electrons. The minimum atomic E-state index is -0.736. The smallest absolute Gasteiger partial charge is 0.117 e. The van der Waals surface area contributed by atoms with Gasteiger partial charge >= 0.3 is 0 Å². The van der Waals surface area contributed by atoms with Crippen molar-refractivity contribution in [2.75, 3.05) is 26.8 Å². The number of rotatable bonds is 3. The lowest BCUT2D eigenvalue weighted by Gasteiger charge is -2.24. The van der Waals surface area contributed by atoms with E-state index in [0.717, 1.165) is 19.4 Å². The van der Waals surface area contributed by atoms with Crippen molar-refractivity contribution in [2.24, 2.45) is 5.92 Å². The van der Waals surface area contributed by atoms with Crippen molar-refractivity contribution in [2.45, 2.75) is 19.0 Å². The quantitative estimate of drug-likeness (QED) is 0.666. The average Bonchev–Trinajstić information content (AvgIpc) is 2.07. The molecule has 0 bridgehead atoms. The van der Waals surface area contributed by atoms with E-state index >= 15 is 0 Å². The fourth-order valence-corrected chi connectivity index (χ4v) is 1.41. The van der Waals surface area contributed by atoms with Crippen LogP contribution in [0.5, 0.6) is 0 Å². The molecule has 2 nitrogen and oxygen atoms in total. The Hall–Kier alpha value is -0.150. The summed E-state index contributed by atoms with van der Waals surface area (Å²) in [5.74, 6) is 0.121. The summed E-state index contributed by atoms with van der Waals surface area (Å²) in [6.45, 7) is 1.86. The predicted octanol–water partition coefficient (Wildman–Crippen LogP) is 0.970. The fourth-order valence-electron chi connectivity index (χ4n) is 1.41. The molecule has 0 aromatic carbocycles. The van der Waals surface area contributed by atoms with Crippen LogP contribution in [-0.4, -0.2) is 33.0 Å². The minimum Gasteiger partial charge on any atom is -0.381 e. The van der Waals surface area contributed by atoms with Crippen LogP contribution >= 0.6 is 0 Å². The normalized spacial score (nSPS) is 28.4. The maximum Gasteiger partial charge on any atom is 0.117 e. The van der Waals surface area contributed by atoms with Gasteiger partial charge in [0.25, 0.3) is 0 Å². The van der Waals surface area contributed by atoms with Gasteiger partial charge in [-0.3, -0.25) is 0 Å². The fraction of sp³-hybridized carbons (Fsp3) is 1.00. The van der Waals surface area contributed by atoms with Crippen LogP contribution in [0.4, 0.5) is 4.39 Å². The molecule has 3 heteroatoms. The summed E-state index contributed by atoms with van der Waals surface area (Å²) in [4.78, 5) is 0. The average molecular weight is 161 g/mol. The van der Waals surface area contributed by atoms with Crippen molar-refractivity contribution < 1.29 is 9.13 Å². The molecule has 0 amide bonds. The predicted molar refractivity (Wildman–Crippen MR) is 42.4 cm³/mol. The summed E-state index contributed by atoms with van der Waals surface area (Å²) in [5, 5.41) is 2.83. The first-order valence-corrected chi connectivity index (χ1v) is 4.21. The second kappa shape index (κ2) is 4.67. The van der Waals surface area contributed by atoms with Crippen molar-refractivity contribution in [3.8, 4) is 0 Å². The highest BCUT2D eigenvalue weighted by molar-refractivity contribution is 4.73. The second-order valence-electron chi connectivity index (χ2n) is 3.05. The van der Waals surface area contributed by atoms with Gasteiger partial charge in [-0.1, -0.05) is 0 Å². The molecule has 1 heterocycles. The third kappa shape index (κ3) is 2.75. The highest BCUT2D eigenvalue weighted by atomic mass is 19.1. The van der Waals surface area contributed by atoms with Crippen molar-refractivity contribution >= 4 is 0 Å². The zero-order valence-corrected chi connectivity index (χ0v) is 6.98. The molecule has 1 aliphatic rings. The first-order chi connectivity index (χ1) is 5.34. The van der Waals surface area contributed by atoms with Gasteiger partial charge in [0.15, 0.2) is 0 Å². The van der Waals surface area contributed by atoms with Crippen LogP contribution in [0.25, 0.3) is 0 Å². The third-order valence-corrected chi connectivity index (χ3v) is 2.11. The Morgan fingerprint density at radius 1 is 1.73 bits per heavy atom. The van der Waals surface area contributed by atoms with Crippen LogP contribution in [0.2, 0.25) is 0 Å². The van der Waals surface area contributed by atoms with E-state index < -0.39 is 6.17 Å². The van der Waals surface area contributed by atoms with Gasteiger partial charge in [-0.15, -0.1) is 0 Å². The number of ether oxygens (including phenoxy) is 1. The molecule has 1 fully saturated rings. The number of nitrogens with one attached hydrogen (secondary N) is 1. The van der Waals surface area contributed by atoms with Crippen molar-refractivity contribution in [1.29, 1.82) is 0 Å². The zero-order valence-electron chi connectivity index (χ0n) is 6.98. The Morgan fingerprint density at radius 3 is 3.09 bits per heavy atom. The zero-order chi connectivity index (χ0) is 8.10. The van der Waals surface area contributed by atoms with Gasteiger partial charge in [-0.05, 0) is 19.9 Å². The number of hydrogen-bond acceptors (Lipinski definition) is 2. The molecule has 2 atom stereocenters. The molecule has 1 N–H and O–H groups in total. The monoisotopic (exact) mass is 161 g/mol. The molecule has 1 aliphatic heterocycles. The number of alkyl halides is 1. The van der Waals surface area contributed by atoms with E-state index in [1.54, 1.807) is 7.05 Å². The van der Waals surface area contributed by atoms with E-state index in [1.807, 2.05) is 0 Å². The van der Waals surface area contributed by atoms with Crippen LogP contribution < -0.4 is 5.32 Å². The van der Waals surface area contributed by atoms with Gasteiger partial charge in [-0.2, -0.15) is 0 Å². The highest BCUT2D eigenvalue weighted by Gasteiger charge is 2.22. The van der Waals surface area contributed by atoms with Gasteiger partial charge in [0.2, 0.25) is 0 Å². The highest BCUT2D eigenvalue weighted by Crippen LogP contribution is 2.18. The SMILES string of the molecule is CNCC(F)C1CCCOC1. The maximum atomic E-state index is 13.1. The Labute approximate surface area is 67.1 Å². The molecular formula is C8H16FNO. The molecule has 1 rings (SSSR count). The lowest BCUT2D eigenvalue weighted by molar-refractivity contribution is 0.0208. The summed E-state index contributed by atoms with van der Waals surface area (Å²) in [6.07, 6.45) is 1.25. The molecule has 0 aliphatic carbocycles. The van der Waals surface area contributed by atoms with Gasteiger partial charge in [0, 0.05) is 19.1 Å². The number of hydrogen-bond donors (Lipinski definition) is 1. The Kier molecular flexibility index (Phi) is 3.80.